The molecule has 2 heterocycles. The Morgan fingerprint density at radius 3 is 2.50 bits per heavy atom. The summed E-state index contributed by atoms with van der Waals surface area (Å²) >= 11 is 0. The van der Waals surface area contributed by atoms with Crippen molar-refractivity contribution in [3.8, 4) is 5.75 Å². The summed E-state index contributed by atoms with van der Waals surface area (Å²) < 4.78 is 31.6. The van der Waals surface area contributed by atoms with Crippen LogP contribution in [-0.2, 0) is 31.8 Å². The number of carbonyl (C=O) groups is 1. The molecule has 36 heavy (non-hydrogen) atoms. The minimum atomic E-state index is -4.00. The Hall–Kier alpha value is -3.99. The Kier molecular flexibility index (Phi) is 7.49. The Morgan fingerprint density at radius 2 is 1.78 bits per heavy atom. The van der Waals surface area contributed by atoms with Crippen LogP contribution in [0.3, 0.4) is 0 Å². The molecule has 2 aromatic carbocycles. The van der Waals surface area contributed by atoms with Crippen molar-refractivity contribution < 1.29 is 23.1 Å². The second kappa shape index (κ2) is 10.7. The number of benzene rings is 2. The van der Waals surface area contributed by atoms with Gasteiger partial charge in [0, 0.05) is 0 Å². The van der Waals surface area contributed by atoms with Crippen molar-refractivity contribution in [1.82, 2.24) is 24.6 Å². The third-order valence-corrected chi connectivity index (χ3v) is 6.86. The lowest BCUT2D eigenvalue weighted by atomic mass is 10.1. The van der Waals surface area contributed by atoms with Crippen molar-refractivity contribution in [3.05, 3.63) is 72.1 Å². The highest BCUT2D eigenvalue weighted by molar-refractivity contribution is 7.52. The fourth-order valence-corrected chi connectivity index (χ4v) is 4.93. The van der Waals surface area contributed by atoms with Crippen LogP contribution in [0.2, 0.25) is 0 Å². The van der Waals surface area contributed by atoms with Crippen LogP contribution < -0.4 is 21.1 Å². The molecule has 0 bridgehead atoms. The molecule has 4 aromatic rings. The number of nitrogen functional groups attached to an aromatic ring is 2. The predicted octanol–water partition coefficient (Wildman–Crippen LogP) is 2.89. The van der Waals surface area contributed by atoms with Crippen LogP contribution in [0.1, 0.15) is 18.1 Å². The molecule has 0 fully saturated rings. The Morgan fingerprint density at radius 1 is 1.08 bits per heavy atom. The number of rotatable bonds is 10. The van der Waals surface area contributed by atoms with E-state index in [1.165, 1.54) is 14.0 Å². The standard InChI is InChI=1S/C23H26N7O5P/c1-15(22(31)33-2)29-36(32,35-18-10-4-3-5-11-18)34-13-17-9-7-6-8-16(17)12-30-14-26-19-20(24)27-23(25)28-21(19)30/h3-11,14-15H,12-13H2,1-2H3,(H,29,32)(H4,24,25,27,28). The first kappa shape index (κ1) is 25.1. The average Bonchev–Trinajstić information content (AvgIpc) is 3.26. The number of para-hydroxylation sites is 1. The Labute approximate surface area is 207 Å². The fraction of sp³-hybridized carbons (Fsp3) is 0.217. The summed E-state index contributed by atoms with van der Waals surface area (Å²) in [7, 11) is -2.75. The second-order valence-electron chi connectivity index (χ2n) is 7.83. The third kappa shape index (κ3) is 5.80. The molecule has 0 spiro atoms. The number of methoxy groups -OCH3 is 1. The lowest BCUT2D eigenvalue weighted by Crippen LogP contribution is -2.34. The zero-order chi connectivity index (χ0) is 25.7. The van der Waals surface area contributed by atoms with Crippen molar-refractivity contribution in [2.75, 3.05) is 18.6 Å². The van der Waals surface area contributed by atoms with Crippen molar-refractivity contribution in [3.63, 3.8) is 0 Å². The summed E-state index contributed by atoms with van der Waals surface area (Å²) in [6.45, 7) is 1.79. The van der Waals surface area contributed by atoms with E-state index in [0.29, 0.717) is 23.5 Å². The van der Waals surface area contributed by atoms with Crippen molar-refractivity contribution in [2.45, 2.75) is 26.1 Å². The van der Waals surface area contributed by atoms with Gasteiger partial charge in [0.15, 0.2) is 11.5 Å². The van der Waals surface area contributed by atoms with E-state index in [0.717, 1.165) is 11.1 Å². The molecule has 4 rings (SSSR count). The SMILES string of the molecule is COC(=O)C(C)NP(=O)(OCc1ccccc1Cn1cnc2c(N)nc(N)nc21)Oc1ccccc1. The number of nitrogens with two attached hydrogens (primary N) is 2. The van der Waals surface area contributed by atoms with E-state index < -0.39 is 19.8 Å². The molecule has 2 atom stereocenters. The maximum Gasteiger partial charge on any atom is 0.459 e. The Balaban J connectivity index is 1.57. The van der Waals surface area contributed by atoms with E-state index in [2.05, 4.69) is 20.0 Å². The van der Waals surface area contributed by atoms with Gasteiger partial charge in [0.25, 0.3) is 0 Å². The van der Waals surface area contributed by atoms with Gasteiger partial charge < -0.3 is 25.3 Å². The molecule has 0 aliphatic carbocycles. The normalized spacial score (nSPS) is 13.7. The van der Waals surface area contributed by atoms with Gasteiger partial charge in [-0.25, -0.2) is 9.55 Å². The molecule has 0 saturated heterocycles. The maximum atomic E-state index is 13.6. The molecule has 0 amide bonds. The minimum Gasteiger partial charge on any atom is -0.468 e. The average molecular weight is 511 g/mol. The van der Waals surface area contributed by atoms with Crippen LogP contribution >= 0.6 is 7.75 Å². The summed E-state index contributed by atoms with van der Waals surface area (Å²) in [6, 6.07) is 15.0. The summed E-state index contributed by atoms with van der Waals surface area (Å²) in [5, 5.41) is 2.64. The lowest BCUT2D eigenvalue weighted by Gasteiger charge is -2.23. The Bertz CT molecular complexity index is 1410. The number of hydrogen-bond donors (Lipinski definition) is 3. The van der Waals surface area contributed by atoms with Crippen molar-refractivity contribution in [2.24, 2.45) is 0 Å². The first-order chi connectivity index (χ1) is 17.3. The van der Waals surface area contributed by atoms with E-state index in [1.54, 1.807) is 41.2 Å². The molecule has 2 aromatic heterocycles. The van der Waals surface area contributed by atoms with Crippen LogP contribution in [0.5, 0.6) is 5.75 Å². The van der Waals surface area contributed by atoms with Gasteiger partial charge in [0.05, 0.1) is 26.6 Å². The van der Waals surface area contributed by atoms with Gasteiger partial charge in [-0.05, 0) is 30.2 Å². The molecule has 5 N–H and O–H groups in total. The number of nitrogens with one attached hydrogen (secondary N) is 1. The molecule has 188 valence electrons. The molecular formula is C23H26N7O5P. The summed E-state index contributed by atoms with van der Waals surface area (Å²) in [6.07, 6.45) is 1.59. The predicted molar refractivity (Wildman–Crippen MR) is 134 cm³/mol. The summed E-state index contributed by atoms with van der Waals surface area (Å²) in [5.41, 5.74) is 14.2. The molecule has 0 aliphatic heterocycles. The van der Waals surface area contributed by atoms with E-state index >= 15 is 0 Å². The quantitative estimate of drug-likeness (QED) is 0.211. The second-order valence-corrected chi connectivity index (χ2v) is 9.52. The number of fused-ring (bicyclic) bond motifs is 1. The zero-order valence-corrected chi connectivity index (χ0v) is 20.6. The number of imidazole rings is 1. The molecule has 0 radical (unpaired) electrons. The number of aromatic nitrogens is 4. The van der Waals surface area contributed by atoms with Crippen molar-refractivity contribution in [1.29, 1.82) is 0 Å². The van der Waals surface area contributed by atoms with Crippen LogP contribution in [0.4, 0.5) is 11.8 Å². The number of carbonyl (C=O) groups excluding carboxylic acids is 1. The molecule has 0 aliphatic rings. The van der Waals surface area contributed by atoms with Gasteiger partial charge in [-0.15, -0.1) is 0 Å². The van der Waals surface area contributed by atoms with E-state index in [9.17, 15) is 9.36 Å². The van der Waals surface area contributed by atoms with Gasteiger partial charge in [0.2, 0.25) is 5.95 Å². The largest absolute Gasteiger partial charge is 0.468 e. The topological polar surface area (TPSA) is 169 Å². The fourth-order valence-electron chi connectivity index (χ4n) is 3.47. The summed E-state index contributed by atoms with van der Waals surface area (Å²) in [5.74, 6) is -0.0531. The number of esters is 1. The monoisotopic (exact) mass is 511 g/mol. The lowest BCUT2D eigenvalue weighted by molar-refractivity contribution is -0.142. The third-order valence-electron chi connectivity index (χ3n) is 5.23. The number of anilines is 2. The van der Waals surface area contributed by atoms with Crippen LogP contribution in [0.15, 0.2) is 60.9 Å². The van der Waals surface area contributed by atoms with Crippen LogP contribution in [0.25, 0.3) is 11.2 Å². The van der Waals surface area contributed by atoms with Crippen LogP contribution in [-0.4, -0.2) is 38.6 Å². The zero-order valence-electron chi connectivity index (χ0n) is 19.7. The summed E-state index contributed by atoms with van der Waals surface area (Å²) in [4.78, 5) is 24.4. The molecular weight excluding hydrogens is 485 g/mol. The van der Waals surface area contributed by atoms with Gasteiger partial charge in [-0.3, -0.25) is 9.32 Å². The van der Waals surface area contributed by atoms with Crippen molar-refractivity contribution >= 4 is 36.6 Å². The minimum absolute atomic E-state index is 0.0446. The maximum absolute atomic E-state index is 13.6. The highest BCUT2D eigenvalue weighted by Crippen LogP contribution is 2.45. The molecule has 12 nitrogen and oxygen atoms in total. The smallest absolute Gasteiger partial charge is 0.459 e. The van der Waals surface area contributed by atoms with Crippen LogP contribution in [0, 0.1) is 0 Å². The number of ether oxygens (including phenoxy) is 1. The number of nitrogens with zero attached hydrogens (tertiary/aromatic N) is 4. The first-order valence-electron chi connectivity index (χ1n) is 10.9. The van der Waals surface area contributed by atoms with Gasteiger partial charge >= 0.3 is 13.7 Å². The van der Waals surface area contributed by atoms with Gasteiger partial charge in [-0.2, -0.15) is 15.1 Å². The number of hydrogen-bond acceptors (Lipinski definition) is 10. The molecule has 2 unspecified atom stereocenters. The van der Waals surface area contributed by atoms with E-state index in [-0.39, 0.29) is 18.4 Å². The van der Waals surface area contributed by atoms with E-state index in [1.807, 2.05) is 24.3 Å². The van der Waals surface area contributed by atoms with Gasteiger partial charge in [0.1, 0.15) is 17.3 Å². The van der Waals surface area contributed by atoms with E-state index in [4.69, 9.17) is 25.3 Å². The molecule has 13 heteroatoms. The molecule has 0 saturated carbocycles. The highest BCUT2D eigenvalue weighted by Gasteiger charge is 2.32. The first-order valence-corrected chi connectivity index (χ1v) is 12.5. The van der Waals surface area contributed by atoms with Gasteiger partial charge in [-0.1, -0.05) is 42.5 Å². The highest BCUT2D eigenvalue weighted by atomic mass is 31.2.